The molecule has 3 rings (SSSR count). The summed E-state index contributed by atoms with van der Waals surface area (Å²) in [6.07, 6.45) is 1.28. The van der Waals surface area contributed by atoms with E-state index in [4.69, 9.17) is 16.7 Å². The molecule has 2 heterocycles. The van der Waals surface area contributed by atoms with Gasteiger partial charge in [0.25, 0.3) is 5.91 Å². The molecule has 130 valence electrons. The summed E-state index contributed by atoms with van der Waals surface area (Å²) in [7, 11) is 0. The molecule has 24 heavy (non-hydrogen) atoms. The third kappa shape index (κ3) is 3.82. The van der Waals surface area contributed by atoms with Crippen molar-refractivity contribution in [1.82, 2.24) is 14.7 Å². The highest BCUT2D eigenvalue weighted by Crippen LogP contribution is 2.22. The largest absolute Gasteiger partial charge is 0.465 e. The number of rotatable bonds is 3. The van der Waals surface area contributed by atoms with E-state index >= 15 is 0 Å². The van der Waals surface area contributed by atoms with Gasteiger partial charge in [0.15, 0.2) is 0 Å². The summed E-state index contributed by atoms with van der Waals surface area (Å²) in [5, 5.41) is 9.58. The smallest absolute Gasteiger partial charge is 0.407 e. The van der Waals surface area contributed by atoms with Crippen molar-refractivity contribution >= 4 is 23.6 Å². The van der Waals surface area contributed by atoms with Crippen molar-refractivity contribution in [2.24, 2.45) is 0 Å². The predicted molar refractivity (Wildman–Crippen MR) is 91.5 cm³/mol. The van der Waals surface area contributed by atoms with Crippen LogP contribution in [0.4, 0.5) is 4.79 Å². The standard InChI is InChI=1S/C17H22ClN3O3/c18-15-11-13(16(22)20-5-1-2-6-20)3-4-14(15)12-19-7-9-21(10-8-19)17(23)24/h3-4,11H,1-2,5-10,12H2,(H,23,24). The molecule has 7 heteroatoms. The zero-order chi connectivity index (χ0) is 17.1. The maximum atomic E-state index is 12.4. The summed E-state index contributed by atoms with van der Waals surface area (Å²) in [6, 6.07) is 5.51. The number of carbonyl (C=O) groups excluding carboxylic acids is 1. The first-order valence-corrected chi connectivity index (χ1v) is 8.70. The molecule has 0 bridgehead atoms. The molecule has 0 saturated carbocycles. The van der Waals surface area contributed by atoms with Gasteiger partial charge in [-0.2, -0.15) is 0 Å². The summed E-state index contributed by atoms with van der Waals surface area (Å²) >= 11 is 6.38. The van der Waals surface area contributed by atoms with Crippen LogP contribution in [-0.4, -0.2) is 71.1 Å². The number of hydrogen-bond acceptors (Lipinski definition) is 3. The van der Waals surface area contributed by atoms with Crippen LogP contribution in [0.3, 0.4) is 0 Å². The van der Waals surface area contributed by atoms with E-state index in [-0.39, 0.29) is 5.91 Å². The van der Waals surface area contributed by atoms with Gasteiger partial charge in [0, 0.05) is 56.4 Å². The SMILES string of the molecule is O=C(O)N1CCN(Cc2ccc(C(=O)N3CCCC3)cc2Cl)CC1. The molecule has 0 radical (unpaired) electrons. The fourth-order valence-electron chi connectivity index (χ4n) is 3.25. The van der Waals surface area contributed by atoms with Crippen molar-refractivity contribution in [3.8, 4) is 0 Å². The van der Waals surface area contributed by atoms with Crippen molar-refractivity contribution in [2.75, 3.05) is 39.3 Å². The van der Waals surface area contributed by atoms with E-state index in [2.05, 4.69) is 4.90 Å². The van der Waals surface area contributed by atoms with Crippen LogP contribution in [0.2, 0.25) is 5.02 Å². The second kappa shape index (κ2) is 7.40. The molecular formula is C17H22ClN3O3. The van der Waals surface area contributed by atoms with E-state index in [1.807, 2.05) is 17.0 Å². The minimum atomic E-state index is -0.863. The highest BCUT2D eigenvalue weighted by molar-refractivity contribution is 6.31. The van der Waals surface area contributed by atoms with Gasteiger partial charge in [0.2, 0.25) is 0 Å². The number of carbonyl (C=O) groups is 2. The van der Waals surface area contributed by atoms with Gasteiger partial charge in [0.05, 0.1) is 0 Å². The first kappa shape index (κ1) is 17.0. The lowest BCUT2D eigenvalue weighted by molar-refractivity contribution is 0.0792. The second-order valence-corrected chi connectivity index (χ2v) is 6.76. The Morgan fingerprint density at radius 1 is 1.00 bits per heavy atom. The third-order valence-corrected chi connectivity index (χ3v) is 5.08. The van der Waals surface area contributed by atoms with E-state index in [9.17, 15) is 9.59 Å². The van der Waals surface area contributed by atoms with Crippen molar-refractivity contribution in [1.29, 1.82) is 0 Å². The summed E-state index contributed by atoms with van der Waals surface area (Å²) < 4.78 is 0. The Labute approximate surface area is 146 Å². The number of likely N-dealkylation sites (tertiary alicyclic amines) is 1. The second-order valence-electron chi connectivity index (χ2n) is 6.35. The Morgan fingerprint density at radius 2 is 1.67 bits per heavy atom. The number of nitrogens with zero attached hydrogens (tertiary/aromatic N) is 3. The fraction of sp³-hybridized carbons (Fsp3) is 0.529. The molecule has 2 aliphatic rings. The van der Waals surface area contributed by atoms with E-state index < -0.39 is 6.09 Å². The number of benzene rings is 1. The first-order valence-electron chi connectivity index (χ1n) is 8.32. The van der Waals surface area contributed by atoms with Crippen LogP contribution in [-0.2, 0) is 6.54 Å². The third-order valence-electron chi connectivity index (χ3n) is 4.73. The maximum Gasteiger partial charge on any atom is 0.407 e. The highest BCUT2D eigenvalue weighted by atomic mass is 35.5. The summed E-state index contributed by atoms with van der Waals surface area (Å²) in [4.78, 5) is 28.8. The Bertz CT molecular complexity index is 624. The zero-order valence-corrected chi connectivity index (χ0v) is 14.3. The van der Waals surface area contributed by atoms with Gasteiger partial charge in [-0.25, -0.2) is 4.79 Å². The molecule has 0 atom stereocenters. The molecule has 2 fully saturated rings. The van der Waals surface area contributed by atoms with Crippen LogP contribution >= 0.6 is 11.6 Å². The quantitative estimate of drug-likeness (QED) is 0.908. The van der Waals surface area contributed by atoms with Crippen LogP contribution < -0.4 is 0 Å². The minimum Gasteiger partial charge on any atom is -0.465 e. The molecule has 0 spiro atoms. The summed E-state index contributed by atoms with van der Waals surface area (Å²) in [6.45, 7) is 4.73. The average molecular weight is 352 g/mol. The van der Waals surface area contributed by atoms with E-state index in [1.54, 1.807) is 6.07 Å². The summed E-state index contributed by atoms with van der Waals surface area (Å²) in [5.41, 5.74) is 1.61. The van der Waals surface area contributed by atoms with Crippen LogP contribution in [0.5, 0.6) is 0 Å². The van der Waals surface area contributed by atoms with E-state index in [0.29, 0.717) is 43.3 Å². The van der Waals surface area contributed by atoms with Gasteiger partial charge in [-0.15, -0.1) is 0 Å². The molecule has 2 amide bonds. The Hall–Kier alpha value is -1.79. The molecule has 0 unspecified atom stereocenters. The van der Waals surface area contributed by atoms with Crippen LogP contribution in [0.25, 0.3) is 0 Å². The predicted octanol–water partition coefficient (Wildman–Crippen LogP) is 2.37. The first-order chi connectivity index (χ1) is 11.5. The Kier molecular flexibility index (Phi) is 5.26. The number of hydrogen-bond donors (Lipinski definition) is 1. The van der Waals surface area contributed by atoms with Crippen LogP contribution in [0, 0.1) is 0 Å². The van der Waals surface area contributed by atoms with Crippen molar-refractivity contribution in [3.05, 3.63) is 34.3 Å². The van der Waals surface area contributed by atoms with Gasteiger partial charge in [-0.3, -0.25) is 9.69 Å². The van der Waals surface area contributed by atoms with E-state index in [0.717, 1.165) is 31.5 Å². The fourth-order valence-corrected chi connectivity index (χ4v) is 3.49. The Balaban J connectivity index is 1.61. The topological polar surface area (TPSA) is 64.1 Å². The van der Waals surface area contributed by atoms with Gasteiger partial charge >= 0.3 is 6.09 Å². The van der Waals surface area contributed by atoms with Gasteiger partial charge in [-0.05, 0) is 30.5 Å². The van der Waals surface area contributed by atoms with Crippen molar-refractivity contribution < 1.29 is 14.7 Å². The molecular weight excluding hydrogens is 330 g/mol. The molecule has 2 saturated heterocycles. The number of amides is 2. The molecule has 0 aliphatic carbocycles. The number of piperazine rings is 1. The van der Waals surface area contributed by atoms with Gasteiger partial charge < -0.3 is 14.9 Å². The average Bonchev–Trinajstić information content (AvgIpc) is 3.11. The lowest BCUT2D eigenvalue weighted by atomic mass is 10.1. The van der Waals surface area contributed by atoms with Crippen LogP contribution in [0.1, 0.15) is 28.8 Å². The van der Waals surface area contributed by atoms with Crippen molar-refractivity contribution in [2.45, 2.75) is 19.4 Å². The molecule has 1 aromatic rings. The highest BCUT2D eigenvalue weighted by Gasteiger charge is 2.22. The molecule has 1 aromatic carbocycles. The molecule has 1 N–H and O–H groups in total. The molecule has 2 aliphatic heterocycles. The Morgan fingerprint density at radius 3 is 2.25 bits per heavy atom. The lowest BCUT2D eigenvalue weighted by Gasteiger charge is -2.33. The minimum absolute atomic E-state index is 0.0519. The number of carboxylic acid groups (broad SMARTS) is 1. The number of halogens is 1. The molecule has 0 aromatic heterocycles. The summed E-state index contributed by atoms with van der Waals surface area (Å²) in [5.74, 6) is 0.0519. The lowest BCUT2D eigenvalue weighted by Crippen LogP contribution is -2.47. The van der Waals surface area contributed by atoms with Gasteiger partial charge in [-0.1, -0.05) is 17.7 Å². The molecule has 6 nitrogen and oxygen atoms in total. The van der Waals surface area contributed by atoms with Crippen LogP contribution in [0.15, 0.2) is 18.2 Å². The monoisotopic (exact) mass is 351 g/mol. The van der Waals surface area contributed by atoms with Gasteiger partial charge in [0.1, 0.15) is 0 Å². The zero-order valence-electron chi connectivity index (χ0n) is 13.6. The van der Waals surface area contributed by atoms with Crippen molar-refractivity contribution in [3.63, 3.8) is 0 Å². The van der Waals surface area contributed by atoms with E-state index in [1.165, 1.54) is 4.90 Å². The normalized spacial score (nSPS) is 18.9. The maximum absolute atomic E-state index is 12.4.